The Morgan fingerprint density at radius 2 is 1.71 bits per heavy atom. The van der Waals surface area contributed by atoms with Crippen LogP contribution in [0.15, 0.2) is 30.3 Å². The highest BCUT2D eigenvalue weighted by Gasteiger charge is 2.33. The minimum Gasteiger partial charge on any atom is -0.480 e. The molecule has 1 aliphatic rings. The van der Waals surface area contributed by atoms with Crippen LogP contribution in [-0.2, 0) is 30.4 Å². The molecule has 11 nitrogen and oxygen atoms in total. The Balaban J connectivity index is 2.08. The van der Waals surface area contributed by atoms with Crippen LogP contribution in [0.5, 0.6) is 0 Å². The topological polar surface area (TPSA) is 180 Å². The second-order valence-electron chi connectivity index (χ2n) is 8.70. The van der Waals surface area contributed by atoms with Crippen LogP contribution < -0.4 is 27.0 Å². The number of primary amides is 1. The maximum atomic E-state index is 12.9. The number of nitrogens with one attached hydrogen (secondary N) is 4. The molecule has 0 radical (unpaired) electrons. The average molecular weight is 476 g/mol. The van der Waals surface area contributed by atoms with Crippen molar-refractivity contribution in [1.29, 1.82) is 0 Å². The molecule has 0 saturated carbocycles. The summed E-state index contributed by atoms with van der Waals surface area (Å²) in [7, 11) is 0. The van der Waals surface area contributed by atoms with Crippen LogP contribution in [0.3, 0.4) is 0 Å². The lowest BCUT2D eigenvalue weighted by Gasteiger charge is -2.26. The van der Waals surface area contributed by atoms with Crippen molar-refractivity contribution in [3.63, 3.8) is 0 Å². The van der Waals surface area contributed by atoms with Gasteiger partial charge in [0, 0.05) is 6.42 Å². The van der Waals surface area contributed by atoms with Gasteiger partial charge in [0.05, 0.1) is 12.5 Å². The maximum absolute atomic E-state index is 12.9. The standard InChI is InChI=1S/C23H33N5O6/c1-13(2)19(22(32)27-17(23(33)34)11-14-7-4-3-5-8-14)28-21(31)16(12-18(24)29)26-20(30)15-9-6-10-25-15/h3-5,7-8,13,15-17,19,25H,6,9-12H2,1-2H3,(H2,24,29)(H,26,30)(H,27,32)(H,28,31)(H,33,34). The van der Waals surface area contributed by atoms with Crippen LogP contribution in [-0.4, -0.2) is 65.4 Å². The lowest BCUT2D eigenvalue weighted by Crippen LogP contribution is -2.59. The van der Waals surface area contributed by atoms with Crippen LogP contribution in [0, 0.1) is 5.92 Å². The van der Waals surface area contributed by atoms with E-state index >= 15 is 0 Å². The van der Waals surface area contributed by atoms with E-state index in [-0.39, 0.29) is 6.42 Å². The summed E-state index contributed by atoms with van der Waals surface area (Å²) in [5, 5.41) is 20.1. The quantitative estimate of drug-likeness (QED) is 0.225. The number of hydrogen-bond acceptors (Lipinski definition) is 6. The molecule has 0 spiro atoms. The number of amides is 4. The third-order valence-electron chi connectivity index (χ3n) is 5.56. The molecule has 4 amide bonds. The lowest BCUT2D eigenvalue weighted by molar-refractivity contribution is -0.142. The van der Waals surface area contributed by atoms with Crippen LogP contribution in [0.25, 0.3) is 0 Å². The highest BCUT2D eigenvalue weighted by molar-refractivity contribution is 5.96. The van der Waals surface area contributed by atoms with E-state index in [9.17, 15) is 29.1 Å². The van der Waals surface area contributed by atoms with Gasteiger partial charge in [0.25, 0.3) is 0 Å². The minimum absolute atomic E-state index is 0.0649. The Morgan fingerprint density at radius 1 is 1.03 bits per heavy atom. The number of carbonyl (C=O) groups is 5. The van der Waals surface area contributed by atoms with Crippen molar-refractivity contribution >= 4 is 29.6 Å². The molecule has 1 fully saturated rings. The number of rotatable bonds is 12. The Hall–Kier alpha value is -3.47. The molecule has 1 saturated heterocycles. The van der Waals surface area contributed by atoms with E-state index in [0.717, 1.165) is 12.0 Å². The smallest absolute Gasteiger partial charge is 0.326 e. The van der Waals surface area contributed by atoms with Crippen molar-refractivity contribution in [2.24, 2.45) is 11.7 Å². The Bertz CT molecular complexity index is 885. The van der Waals surface area contributed by atoms with Gasteiger partial charge in [-0.15, -0.1) is 0 Å². The number of benzene rings is 1. The first-order valence-corrected chi connectivity index (χ1v) is 11.3. The fraction of sp³-hybridized carbons (Fsp3) is 0.522. The number of carboxylic acid groups (broad SMARTS) is 1. The largest absolute Gasteiger partial charge is 0.480 e. The summed E-state index contributed by atoms with van der Waals surface area (Å²) in [6.07, 6.45) is 1.04. The lowest BCUT2D eigenvalue weighted by atomic mass is 10.0. The van der Waals surface area contributed by atoms with Gasteiger partial charge >= 0.3 is 5.97 Å². The van der Waals surface area contributed by atoms with Crippen molar-refractivity contribution in [2.45, 2.75) is 63.7 Å². The Labute approximate surface area is 198 Å². The molecule has 0 aromatic heterocycles. The van der Waals surface area contributed by atoms with Crippen LogP contribution >= 0.6 is 0 Å². The molecule has 0 bridgehead atoms. The normalized spacial score (nSPS) is 17.9. The molecular weight excluding hydrogens is 442 g/mol. The molecule has 2 rings (SSSR count). The van der Waals surface area contributed by atoms with Gasteiger partial charge in [-0.1, -0.05) is 44.2 Å². The van der Waals surface area contributed by atoms with E-state index in [1.165, 1.54) is 0 Å². The molecule has 4 unspecified atom stereocenters. The zero-order chi connectivity index (χ0) is 25.3. The van der Waals surface area contributed by atoms with Gasteiger partial charge in [0.15, 0.2) is 0 Å². The fourth-order valence-corrected chi connectivity index (χ4v) is 3.69. The van der Waals surface area contributed by atoms with Gasteiger partial charge < -0.3 is 32.1 Å². The number of carboxylic acids is 1. The van der Waals surface area contributed by atoms with Crippen molar-refractivity contribution in [2.75, 3.05) is 6.54 Å². The minimum atomic E-state index is -1.26. The highest BCUT2D eigenvalue weighted by Crippen LogP contribution is 2.09. The van der Waals surface area contributed by atoms with Crippen LogP contribution in [0.4, 0.5) is 0 Å². The number of hydrogen-bond donors (Lipinski definition) is 6. The van der Waals surface area contributed by atoms with E-state index < -0.39 is 66.1 Å². The molecular formula is C23H33N5O6. The van der Waals surface area contributed by atoms with Crippen molar-refractivity contribution in [3.8, 4) is 0 Å². The van der Waals surface area contributed by atoms with E-state index in [1.54, 1.807) is 44.2 Å². The average Bonchev–Trinajstić information content (AvgIpc) is 3.31. The van der Waals surface area contributed by atoms with Gasteiger partial charge in [-0.3, -0.25) is 19.2 Å². The molecule has 7 N–H and O–H groups in total. The van der Waals surface area contributed by atoms with Crippen molar-refractivity contribution < 1.29 is 29.1 Å². The second kappa shape index (κ2) is 12.7. The van der Waals surface area contributed by atoms with Gasteiger partial charge in [-0.25, -0.2) is 4.79 Å². The molecule has 1 heterocycles. The van der Waals surface area contributed by atoms with E-state index in [1.807, 2.05) is 0 Å². The molecule has 4 atom stereocenters. The van der Waals surface area contributed by atoms with Crippen molar-refractivity contribution in [1.82, 2.24) is 21.3 Å². The number of carbonyl (C=O) groups excluding carboxylic acids is 4. The SMILES string of the molecule is CC(C)C(NC(=O)C(CC(N)=O)NC(=O)C1CCCN1)C(=O)NC(Cc1ccccc1)C(=O)O. The molecule has 186 valence electrons. The zero-order valence-corrected chi connectivity index (χ0v) is 19.4. The van der Waals surface area contributed by atoms with Gasteiger partial charge in [0.2, 0.25) is 23.6 Å². The van der Waals surface area contributed by atoms with Crippen molar-refractivity contribution in [3.05, 3.63) is 35.9 Å². The Morgan fingerprint density at radius 3 is 2.24 bits per heavy atom. The monoisotopic (exact) mass is 475 g/mol. The first-order valence-electron chi connectivity index (χ1n) is 11.3. The highest BCUT2D eigenvalue weighted by atomic mass is 16.4. The summed E-state index contributed by atoms with van der Waals surface area (Å²) in [5.74, 6) is -4.29. The van der Waals surface area contributed by atoms with Crippen LogP contribution in [0.2, 0.25) is 0 Å². The summed E-state index contributed by atoms with van der Waals surface area (Å²) in [6.45, 7) is 4.04. The molecule has 1 aromatic rings. The van der Waals surface area contributed by atoms with E-state index in [4.69, 9.17) is 5.73 Å². The fourth-order valence-electron chi connectivity index (χ4n) is 3.69. The second-order valence-corrected chi connectivity index (χ2v) is 8.70. The predicted molar refractivity (Wildman–Crippen MR) is 123 cm³/mol. The first kappa shape index (κ1) is 26.8. The summed E-state index contributed by atoms with van der Waals surface area (Å²) >= 11 is 0. The molecule has 11 heteroatoms. The van der Waals surface area contributed by atoms with Gasteiger partial charge in [-0.2, -0.15) is 0 Å². The van der Waals surface area contributed by atoms with E-state index in [0.29, 0.717) is 13.0 Å². The van der Waals surface area contributed by atoms with E-state index in [2.05, 4.69) is 21.3 Å². The summed E-state index contributed by atoms with van der Waals surface area (Å²) in [6, 6.07) is 4.79. The zero-order valence-electron chi connectivity index (χ0n) is 19.4. The maximum Gasteiger partial charge on any atom is 0.326 e. The Kier molecular flexibility index (Phi) is 9.99. The van der Waals surface area contributed by atoms with Gasteiger partial charge in [-0.05, 0) is 30.9 Å². The summed E-state index contributed by atoms with van der Waals surface area (Å²) in [5.41, 5.74) is 5.98. The summed E-state index contributed by atoms with van der Waals surface area (Å²) in [4.78, 5) is 61.5. The predicted octanol–water partition coefficient (Wildman–Crippen LogP) is -0.948. The number of nitrogens with two attached hydrogens (primary N) is 1. The molecule has 34 heavy (non-hydrogen) atoms. The number of aliphatic carboxylic acids is 1. The molecule has 1 aliphatic heterocycles. The van der Waals surface area contributed by atoms with Crippen LogP contribution in [0.1, 0.15) is 38.7 Å². The molecule has 1 aromatic carbocycles. The first-order chi connectivity index (χ1) is 16.1. The third-order valence-corrected chi connectivity index (χ3v) is 5.56. The molecule has 0 aliphatic carbocycles. The van der Waals surface area contributed by atoms with Gasteiger partial charge in [0.1, 0.15) is 18.1 Å². The summed E-state index contributed by atoms with van der Waals surface area (Å²) < 4.78 is 0. The third kappa shape index (κ3) is 8.14.